The minimum atomic E-state index is 0.0377. The van der Waals surface area contributed by atoms with Crippen molar-refractivity contribution in [1.82, 2.24) is 4.90 Å². The first-order chi connectivity index (χ1) is 7.50. The van der Waals surface area contributed by atoms with Crippen LogP contribution in [-0.4, -0.2) is 29.5 Å². The van der Waals surface area contributed by atoms with Gasteiger partial charge < -0.3 is 4.90 Å². The number of aryl methyl sites for hydroxylation is 2. The molecular formula is C12H14N2OS. The normalized spacial score (nSPS) is 16.2. The highest BCUT2D eigenvalue weighted by molar-refractivity contribution is 7.80. The van der Waals surface area contributed by atoms with Gasteiger partial charge >= 0.3 is 0 Å². The highest BCUT2D eigenvalue weighted by Crippen LogP contribution is 2.23. The summed E-state index contributed by atoms with van der Waals surface area (Å²) in [4.78, 5) is 15.2. The molecule has 1 heterocycles. The van der Waals surface area contributed by atoms with Crippen LogP contribution in [0.15, 0.2) is 18.2 Å². The van der Waals surface area contributed by atoms with E-state index in [0.717, 1.165) is 5.69 Å². The van der Waals surface area contributed by atoms with E-state index in [1.807, 2.05) is 32.2 Å². The lowest BCUT2D eigenvalue weighted by molar-refractivity contribution is -0.116. The van der Waals surface area contributed by atoms with Crippen molar-refractivity contribution < 1.29 is 4.79 Å². The van der Waals surface area contributed by atoms with Crippen molar-refractivity contribution in [1.29, 1.82) is 0 Å². The van der Waals surface area contributed by atoms with Gasteiger partial charge in [-0.25, -0.2) is 0 Å². The highest BCUT2D eigenvalue weighted by Gasteiger charge is 2.31. The van der Waals surface area contributed by atoms with Crippen molar-refractivity contribution in [2.24, 2.45) is 0 Å². The van der Waals surface area contributed by atoms with Crippen molar-refractivity contribution in [2.75, 3.05) is 18.5 Å². The van der Waals surface area contributed by atoms with E-state index in [1.165, 1.54) is 11.1 Å². The third-order valence-corrected chi connectivity index (χ3v) is 3.38. The Kier molecular flexibility index (Phi) is 2.68. The van der Waals surface area contributed by atoms with E-state index in [9.17, 15) is 4.79 Å². The predicted molar refractivity (Wildman–Crippen MR) is 68.6 cm³/mol. The van der Waals surface area contributed by atoms with Gasteiger partial charge in [-0.3, -0.25) is 9.69 Å². The topological polar surface area (TPSA) is 23.6 Å². The van der Waals surface area contributed by atoms with Gasteiger partial charge in [-0.15, -0.1) is 0 Å². The minimum Gasteiger partial charge on any atom is -0.342 e. The van der Waals surface area contributed by atoms with Gasteiger partial charge in [0.25, 0.3) is 5.91 Å². The van der Waals surface area contributed by atoms with Crippen LogP contribution in [0.3, 0.4) is 0 Å². The summed E-state index contributed by atoms with van der Waals surface area (Å²) < 4.78 is 0. The molecule has 0 aromatic heterocycles. The quantitative estimate of drug-likeness (QED) is 0.693. The van der Waals surface area contributed by atoms with Crippen LogP contribution in [0.2, 0.25) is 0 Å². The molecule has 1 aromatic rings. The fraction of sp³-hybridized carbons (Fsp3) is 0.333. The number of hydrogen-bond donors (Lipinski definition) is 0. The molecular weight excluding hydrogens is 220 g/mol. The second-order valence-corrected chi connectivity index (χ2v) is 4.50. The Bertz CT molecular complexity index is 470. The number of nitrogens with zero attached hydrogens (tertiary/aromatic N) is 2. The smallest absolute Gasteiger partial charge is 0.252 e. The van der Waals surface area contributed by atoms with Crippen LogP contribution in [0.1, 0.15) is 11.1 Å². The van der Waals surface area contributed by atoms with Crippen LogP contribution in [-0.2, 0) is 4.79 Å². The van der Waals surface area contributed by atoms with Gasteiger partial charge in [0.2, 0.25) is 0 Å². The number of hydrogen-bond acceptors (Lipinski definition) is 2. The SMILES string of the molecule is Cc1ccc(N2C(=O)CN(C)C2=S)cc1C. The molecule has 1 aliphatic rings. The standard InChI is InChI=1S/C12H14N2OS/c1-8-4-5-10(6-9(8)2)14-11(15)7-13(3)12(14)16/h4-6H,7H2,1-3H3. The predicted octanol–water partition coefficient (Wildman–Crippen LogP) is 1.87. The van der Waals surface area contributed by atoms with Crippen LogP contribution in [0.25, 0.3) is 0 Å². The van der Waals surface area contributed by atoms with Crippen molar-refractivity contribution in [3.63, 3.8) is 0 Å². The fourth-order valence-electron chi connectivity index (χ4n) is 1.74. The highest BCUT2D eigenvalue weighted by atomic mass is 32.1. The number of carbonyl (C=O) groups is 1. The molecule has 1 saturated heterocycles. The summed E-state index contributed by atoms with van der Waals surface area (Å²) in [5, 5.41) is 0.577. The Morgan fingerprint density at radius 3 is 2.44 bits per heavy atom. The molecule has 3 nitrogen and oxygen atoms in total. The second kappa shape index (κ2) is 3.87. The zero-order chi connectivity index (χ0) is 11.9. The van der Waals surface area contributed by atoms with Crippen LogP contribution >= 0.6 is 12.2 Å². The molecule has 0 N–H and O–H groups in total. The lowest BCUT2D eigenvalue weighted by atomic mass is 10.1. The van der Waals surface area contributed by atoms with Crippen LogP contribution < -0.4 is 4.90 Å². The van der Waals surface area contributed by atoms with Gasteiger partial charge in [0.15, 0.2) is 5.11 Å². The van der Waals surface area contributed by atoms with Crippen LogP contribution in [0.4, 0.5) is 5.69 Å². The molecule has 0 atom stereocenters. The van der Waals surface area contributed by atoms with Gasteiger partial charge in [0, 0.05) is 7.05 Å². The second-order valence-electron chi connectivity index (χ2n) is 4.14. The Labute approximate surface area is 101 Å². The molecule has 84 valence electrons. The van der Waals surface area contributed by atoms with E-state index in [0.29, 0.717) is 11.7 Å². The van der Waals surface area contributed by atoms with Gasteiger partial charge in [-0.1, -0.05) is 6.07 Å². The van der Waals surface area contributed by atoms with E-state index in [1.54, 1.807) is 9.80 Å². The van der Waals surface area contributed by atoms with E-state index >= 15 is 0 Å². The minimum absolute atomic E-state index is 0.0377. The molecule has 16 heavy (non-hydrogen) atoms. The summed E-state index contributed by atoms with van der Waals surface area (Å²) in [6.07, 6.45) is 0. The maximum Gasteiger partial charge on any atom is 0.252 e. The number of thiocarbonyl (C=S) groups is 1. The monoisotopic (exact) mass is 234 g/mol. The van der Waals surface area contributed by atoms with E-state index < -0.39 is 0 Å². The maximum absolute atomic E-state index is 11.8. The maximum atomic E-state index is 11.8. The molecule has 0 aliphatic carbocycles. The van der Waals surface area contributed by atoms with Gasteiger partial charge in [0.1, 0.15) is 0 Å². The molecule has 1 amide bonds. The van der Waals surface area contributed by atoms with Gasteiger partial charge in [-0.05, 0) is 49.3 Å². The summed E-state index contributed by atoms with van der Waals surface area (Å²) in [7, 11) is 1.83. The van der Waals surface area contributed by atoms with Crippen LogP contribution in [0.5, 0.6) is 0 Å². The first-order valence-electron chi connectivity index (χ1n) is 5.16. The number of rotatable bonds is 1. The van der Waals surface area contributed by atoms with Crippen molar-refractivity contribution in [3.05, 3.63) is 29.3 Å². The summed E-state index contributed by atoms with van der Waals surface area (Å²) >= 11 is 5.23. The summed E-state index contributed by atoms with van der Waals surface area (Å²) in [5.41, 5.74) is 3.25. The third kappa shape index (κ3) is 1.69. The average molecular weight is 234 g/mol. The zero-order valence-electron chi connectivity index (χ0n) is 9.65. The van der Waals surface area contributed by atoms with Crippen molar-refractivity contribution in [3.8, 4) is 0 Å². The Balaban J connectivity index is 2.41. The number of carbonyl (C=O) groups excluding carboxylic acids is 1. The summed E-state index contributed by atoms with van der Waals surface area (Å²) in [5.74, 6) is 0.0377. The number of likely N-dealkylation sites (N-methyl/N-ethyl adjacent to an activating group) is 1. The summed E-state index contributed by atoms with van der Waals surface area (Å²) in [6, 6.07) is 5.95. The Hall–Kier alpha value is -1.42. The van der Waals surface area contributed by atoms with Gasteiger partial charge in [-0.2, -0.15) is 0 Å². The van der Waals surface area contributed by atoms with Crippen molar-refractivity contribution >= 4 is 28.9 Å². The number of anilines is 1. The Morgan fingerprint density at radius 2 is 1.94 bits per heavy atom. The number of amides is 1. The Morgan fingerprint density at radius 1 is 1.25 bits per heavy atom. The number of benzene rings is 1. The van der Waals surface area contributed by atoms with E-state index in [2.05, 4.69) is 6.92 Å². The lowest BCUT2D eigenvalue weighted by Crippen LogP contribution is -2.31. The summed E-state index contributed by atoms with van der Waals surface area (Å²) in [6.45, 7) is 4.45. The van der Waals surface area contributed by atoms with E-state index in [-0.39, 0.29) is 5.91 Å². The molecule has 0 unspecified atom stereocenters. The molecule has 0 radical (unpaired) electrons. The molecule has 0 saturated carbocycles. The van der Waals surface area contributed by atoms with Gasteiger partial charge in [0.05, 0.1) is 12.2 Å². The molecule has 4 heteroatoms. The molecule has 0 spiro atoms. The van der Waals surface area contributed by atoms with Crippen molar-refractivity contribution in [2.45, 2.75) is 13.8 Å². The molecule has 1 fully saturated rings. The zero-order valence-corrected chi connectivity index (χ0v) is 10.5. The lowest BCUT2D eigenvalue weighted by Gasteiger charge is -2.18. The third-order valence-electron chi connectivity index (χ3n) is 2.89. The average Bonchev–Trinajstić information content (AvgIpc) is 2.47. The first-order valence-corrected chi connectivity index (χ1v) is 5.57. The van der Waals surface area contributed by atoms with Crippen LogP contribution in [0, 0.1) is 13.8 Å². The van der Waals surface area contributed by atoms with E-state index in [4.69, 9.17) is 12.2 Å². The molecule has 2 rings (SSSR count). The first kappa shape index (κ1) is 11.1. The fourth-order valence-corrected chi connectivity index (χ4v) is 2.01. The molecule has 1 aromatic carbocycles. The largest absolute Gasteiger partial charge is 0.342 e. The molecule has 1 aliphatic heterocycles. The molecule has 0 bridgehead atoms.